The number of aliphatic hydroxyl groups is 1. The van der Waals surface area contributed by atoms with Crippen molar-refractivity contribution in [2.45, 2.75) is 30.8 Å². The van der Waals surface area contributed by atoms with E-state index in [1.54, 1.807) is 6.92 Å². The van der Waals surface area contributed by atoms with Crippen molar-refractivity contribution in [3.05, 3.63) is 23.5 Å². The van der Waals surface area contributed by atoms with E-state index >= 15 is 0 Å². The molecule has 0 saturated carbocycles. The number of nitrogens with zero attached hydrogens (tertiary/aromatic N) is 1. The van der Waals surface area contributed by atoms with Crippen LogP contribution in [0.25, 0.3) is 0 Å². The lowest BCUT2D eigenvalue weighted by atomic mass is 10.1. The second kappa shape index (κ2) is 5.07. The zero-order valence-corrected chi connectivity index (χ0v) is 11.5. The van der Waals surface area contributed by atoms with Gasteiger partial charge in [-0.25, -0.2) is 12.8 Å². The molecule has 1 aromatic rings. The number of halogens is 1. The van der Waals surface area contributed by atoms with E-state index in [1.165, 1.54) is 4.31 Å². The lowest BCUT2D eigenvalue weighted by molar-refractivity contribution is 0.113. The van der Waals surface area contributed by atoms with Crippen molar-refractivity contribution in [3.63, 3.8) is 0 Å². The molecule has 7 heteroatoms. The van der Waals surface area contributed by atoms with Gasteiger partial charge >= 0.3 is 0 Å². The highest BCUT2D eigenvalue weighted by Crippen LogP contribution is 2.26. The highest BCUT2D eigenvalue weighted by atomic mass is 32.2. The maximum absolute atomic E-state index is 13.8. The fourth-order valence-corrected chi connectivity index (χ4v) is 3.64. The van der Waals surface area contributed by atoms with Crippen molar-refractivity contribution in [1.29, 1.82) is 0 Å². The van der Waals surface area contributed by atoms with E-state index in [0.717, 1.165) is 12.1 Å². The van der Waals surface area contributed by atoms with Crippen LogP contribution in [0.3, 0.4) is 0 Å². The Kier molecular flexibility index (Phi) is 3.80. The standard InChI is InChI=1S/C12H17FN2O3S/c1-8-6-10(13)12(7-11(8)14)19(17,18)15-4-2-9(16)3-5-15/h6-7,9,16H,2-5,14H2,1H3. The lowest BCUT2D eigenvalue weighted by Gasteiger charge is -2.29. The first-order chi connectivity index (χ1) is 8.82. The van der Waals surface area contributed by atoms with E-state index in [0.29, 0.717) is 18.4 Å². The quantitative estimate of drug-likeness (QED) is 0.791. The van der Waals surface area contributed by atoms with E-state index < -0.39 is 26.8 Å². The summed E-state index contributed by atoms with van der Waals surface area (Å²) in [5.74, 6) is -0.794. The van der Waals surface area contributed by atoms with Gasteiger partial charge in [0.15, 0.2) is 0 Å². The van der Waals surface area contributed by atoms with E-state index in [2.05, 4.69) is 0 Å². The van der Waals surface area contributed by atoms with Crippen molar-refractivity contribution in [2.24, 2.45) is 0 Å². The number of piperidine rings is 1. The molecule has 0 amide bonds. The van der Waals surface area contributed by atoms with Crippen LogP contribution < -0.4 is 5.73 Å². The van der Waals surface area contributed by atoms with Crippen molar-refractivity contribution in [1.82, 2.24) is 4.31 Å². The van der Waals surface area contributed by atoms with E-state index in [4.69, 9.17) is 5.73 Å². The maximum Gasteiger partial charge on any atom is 0.246 e. The Labute approximate surface area is 111 Å². The van der Waals surface area contributed by atoms with Gasteiger partial charge in [0, 0.05) is 18.8 Å². The average molecular weight is 288 g/mol. The summed E-state index contributed by atoms with van der Waals surface area (Å²) in [5, 5.41) is 9.38. The summed E-state index contributed by atoms with van der Waals surface area (Å²) in [7, 11) is -3.89. The average Bonchev–Trinajstić information content (AvgIpc) is 2.34. The number of aryl methyl sites for hydroxylation is 1. The third-order valence-corrected chi connectivity index (χ3v) is 5.28. The normalized spacial score (nSPS) is 18.7. The van der Waals surface area contributed by atoms with Crippen molar-refractivity contribution in [3.8, 4) is 0 Å². The third-order valence-electron chi connectivity index (χ3n) is 3.36. The maximum atomic E-state index is 13.8. The van der Waals surface area contributed by atoms with Crippen LogP contribution in [0.1, 0.15) is 18.4 Å². The molecule has 1 heterocycles. The molecule has 106 valence electrons. The van der Waals surface area contributed by atoms with Gasteiger partial charge in [-0.15, -0.1) is 0 Å². The highest BCUT2D eigenvalue weighted by molar-refractivity contribution is 7.89. The summed E-state index contributed by atoms with van der Waals surface area (Å²) in [6, 6.07) is 2.28. The smallest absolute Gasteiger partial charge is 0.246 e. The van der Waals surface area contributed by atoms with Gasteiger partial charge in [0.05, 0.1) is 6.10 Å². The number of sulfonamides is 1. The number of rotatable bonds is 2. The molecule has 0 unspecified atom stereocenters. The predicted molar refractivity (Wildman–Crippen MR) is 69.5 cm³/mol. The van der Waals surface area contributed by atoms with Crippen LogP contribution in [-0.2, 0) is 10.0 Å². The summed E-state index contributed by atoms with van der Waals surface area (Å²) in [4.78, 5) is -0.396. The van der Waals surface area contributed by atoms with Gasteiger partial charge < -0.3 is 10.8 Å². The fraction of sp³-hybridized carbons (Fsp3) is 0.500. The molecular formula is C12H17FN2O3S. The van der Waals surface area contributed by atoms with Gasteiger partial charge in [0.25, 0.3) is 0 Å². The van der Waals surface area contributed by atoms with E-state index in [9.17, 15) is 17.9 Å². The molecule has 1 aliphatic heterocycles. The highest BCUT2D eigenvalue weighted by Gasteiger charge is 2.31. The molecule has 0 spiro atoms. The molecule has 0 atom stereocenters. The number of benzene rings is 1. The molecule has 0 bridgehead atoms. The van der Waals surface area contributed by atoms with E-state index in [1.807, 2.05) is 0 Å². The second-order valence-corrected chi connectivity index (χ2v) is 6.68. The summed E-state index contributed by atoms with van der Waals surface area (Å²) in [6.45, 7) is 2.00. The first-order valence-corrected chi connectivity index (χ1v) is 7.50. The molecule has 5 nitrogen and oxygen atoms in total. The van der Waals surface area contributed by atoms with E-state index in [-0.39, 0.29) is 18.8 Å². The lowest BCUT2D eigenvalue weighted by Crippen LogP contribution is -2.40. The molecule has 0 aliphatic carbocycles. The zero-order chi connectivity index (χ0) is 14.2. The van der Waals surface area contributed by atoms with Crippen LogP contribution >= 0.6 is 0 Å². The molecular weight excluding hydrogens is 271 g/mol. The van der Waals surface area contributed by atoms with Gasteiger partial charge in [-0.05, 0) is 37.5 Å². The van der Waals surface area contributed by atoms with Crippen LogP contribution in [0.4, 0.5) is 10.1 Å². The van der Waals surface area contributed by atoms with Crippen LogP contribution in [0.2, 0.25) is 0 Å². The van der Waals surface area contributed by atoms with Crippen molar-refractivity contribution >= 4 is 15.7 Å². The number of hydrogen-bond donors (Lipinski definition) is 2. The van der Waals surface area contributed by atoms with Crippen molar-refractivity contribution < 1.29 is 17.9 Å². The Balaban J connectivity index is 2.37. The van der Waals surface area contributed by atoms with Gasteiger partial charge in [-0.1, -0.05) is 0 Å². The van der Waals surface area contributed by atoms with Crippen LogP contribution in [0.5, 0.6) is 0 Å². The van der Waals surface area contributed by atoms with Gasteiger partial charge in [-0.3, -0.25) is 0 Å². The monoisotopic (exact) mass is 288 g/mol. The largest absolute Gasteiger partial charge is 0.398 e. The molecule has 19 heavy (non-hydrogen) atoms. The number of nitrogens with two attached hydrogens (primary N) is 1. The Morgan fingerprint density at radius 2 is 1.95 bits per heavy atom. The molecule has 3 N–H and O–H groups in total. The second-order valence-electron chi connectivity index (χ2n) is 4.77. The summed E-state index contributed by atoms with van der Waals surface area (Å²) < 4.78 is 39.7. The number of anilines is 1. The molecule has 2 rings (SSSR count). The van der Waals surface area contributed by atoms with Crippen molar-refractivity contribution in [2.75, 3.05) is 18.8 Å². The fourth-order valence-electron chi connectivity index (χ4n) is 2.09. The SMILES string of the molecule is Cc1cc(F)c(S(=O)(=O)N2CCC(O)CC2)cc1N. The Morgan fingerprint density at radius 1 is 1.37 bits per heavy atom. The molecule has 0 radical (unpaired) electrons. The third kappa shape index (κ3) is 2.72. The first-order valence-electron chi connectivity index (χ1n) is 6.06. The Hall–Kier alpha value is -1.18. The summed E-state index contributed by atoms with van der Waals surface area (Å²) in [5.41, 5.74) is 6.40. The molecule has 1 aliphatic rings. The van der Waals surface area contributed by atoms with Gasteiger partial charge in [-0.2, -0.15) is 4.31 Å². The van der Waals surface area contributed by atoms with Crippen LogP contribution in [0.15, 0.2) is 17.0 Å². The minimum absolute atomic E-state index is 0.191. The van der Waals surface area contributed by atoms with Crippen LogP contribution in [0, 0.1) is 12.7 Å². The minimum Gasteiger partial charge on any atom is -0.398 e. The Morgan fingerprint density at radius 3 is 2.53 bits per heavy atom. The topological polar surface area (TPSA) is 83.6 Å². The zero-order valence-electron chi connectivity index (χ0n) is 10.6. The molecule has 1 saturated heterocycles. The number of nitrogen functional groups attached to an aromatic ring is 1. The Bertz CT molecular complexity index is 581. The van der Waals surface area contributed by atoms with Gasteiger partial charge in [0.1, 0.15) is 10.7 Å². The summed E-state index contributed by atoms with van der Waals surface area (Å²) >= 11 is 0. The number of hydrogen-bond acceptors (Lipinski definition) is 4. The van der Waals surface area contributed by atoms with Gasteiger partial charge in [0.2, 0.25) is 10.0 Å². The van der Waals surface area contributed by atoms with Crippen LogP contribution in [-0.4, -0.2) is 37.0 Å². The summed E-state index contributed by atoms with van der Waals surface area (Å²) in [6.07, 6.45) is 0.240. The predicted octanol–water partition coefficient (Wildman–Crippen LogP) is 0.862. The first kappa shape index (κ1) is 14.2. The minimum atomic E-state index is -3.89. The number of aliphatic hydroxyl groups excluding tert-OH is 1. The molecule has 0 aromatic heterocycles. The molecule has 1 aromatic carbocycles. The molecule has 1 fully saturated rings.